The Labute approximate surface area is 123 Å². The van der Waals surface area contributed by atoms with E-state index < -0.39 is 10.0 Å². The molecule has 118 valence electrons. The summed E-state index contributed by atoms with van der Waals surface area (Å²) in [6.07, 6.45) is 6.22. The maximum absolute atomic E-state index is 12.5. The van der Waals surface area contributed by atoms with E-state index in [-0.39, 0.29) is 17.9 Å². The first kappa shape index (κ1) is 16.2. The predicted octanol–water partition coefficient (Wildman–Crippen LogP) is 1.35. The minimum Gasteiger partial charge on any atom is -0.377 e. The van der Waals surface area contributed by atoms with Gasteiger partial charge in [-0.3, -0.25) is 0 Å². The van der Waals surface area contributed by atoms with Crippen molar-refractivity contribution >= 4 is 10.0 Å². The second kappa shape index (κ2) is 7.73. The van der Waals surface area contributed by atoms with E-state index in [1.165, 1.54) is 0 Å². The molecule has 2 atom stereocenters. The molecule has 0 aromatic rings. The summed E-state index contributed by atoms with van der Waals surface area (Å²) in [5.74, 6) is 0.244. The maximum atomic E-state index is 12.5. The van der Waals surface area contributed by atoms with Crippen LogP contribution in [0.15, 0.2) is 0 Å². The van der Waals surface area contributed by atoms with Crippen LogP contribution in [0, 0.1) is 0 Å². The molecule has 2 unspecified atom stereocenters. The lowest BCUT2D eigenvalue weighted by molar-refractivity contribution is 0.0193. The Bertz CT molecular complexity index is 380. The van der Waals surface area contributed by atoms with Gasteiger partial charge < -0.3 is 10.1 Å². The quantitative estimate of drug-likeness (QED) is 0.805. The highest BCUT2D eigenvalue weighted by molar-refractivity contribution is 7.89. The van der Waals surface area contributed by atoms with Gasteiger partial charge >= 0.3 is 0 Å². The first-order valence-corrected chi connectivity index (χ1v) is 9.55. The first-order valence-electron chi connectivity index (χ1n) is 7.94. The largest absolute Gasteiger partial charge is 0.377 e. The van der Waals surface area contributed by atoms with Crippen molar-refractivity contribution in [2.45, 2.75) is 57.6 Å². The summed E-state index contributed by atoms with van der Waals surface area (Å²) in [7, 11) is -3.15. The Kier molecular flexibility index (Phi) is 6.26. The molecule has 2 heterocycles. The highest BCUT2D eigenvalue weighted by Gasteiger charge is 2.31. The van der Waals surface area contributed by atoms with Crippen LogP contribution in [0.4, 0.5) is 0 Å². The zero-order chi connectivity index (χ0) is 14.4. The minimum absolute atomic E-state index is 0.0813. The lowest BCUT2D eigenvalue weighted by Gasteiger charge is -2.33. The summed E-state index contributed by atoms with van der Waals surface area (Å²) in [4.78, 5) is 0. The van der Waals surface area contributed by atoms with Crippen LogP contribution >= 0.6 is 0 Å². The zero-order valence-electron chi connectivity index (χ0n) is 12.5. The molecule has 0 aliphatic carbocycles. The van der Waals surface area contributed by atoms with Gasteiger partial charge in [-0.15, -0.1) is 0 Å². The van der Waals surface area contributed by atoms with Gasteiger partial charge in [-0.1, -0.05) is 13.3 Å². The molecule has 0 aromatic carbocycles. The van der Waals surface area contributed by atoms with E-state index in [0.717, 1.165) is 51.7 Å². The molecule has 0 bridgehead atoms. The number of nitrogens with one attached hydrogen (secondary N) is 1. The molecule has 1 N–H and O–H groups in total. The van der Waals surface area contributed by atoms with Gasteiger partial charge in [-0.05, 0) is 38.6 Å². The van der Waals surface area contributed by atoms with Crippen LogP contribution in [0.1, 0.15) is 45.4 Å². The summed E-state index contributed by atoms with van der Waals surface area (Å²) in [5, 5.41) is 3.32. The number of piperidine rings is 2. The first-order chi connectivity index (χ1) is 9.62. The van der Waals surface area contributed by atoms with Crippen LogP contribution in [0.5, 0.6) is 0 Å². The second-order valence-corrected chi connectivity index (χ2v) is 7.93. The fourth-order valence-electron chi connectivity index (χ4n) is 3.00. The van der Waals surface area contributed by atoms with Crippen molar-refractivity contribution in [2.24, 2.45) is 0 Å². The van der Waals surface area contributed by atoms with Crippen LogP contribution in [0.2, 0.25) is 0 Å². The predicted molar refractivity (Wildman–Crippen MR) is 80.3 cm³/mol. The molecule has 0 radical (unpaired) electrons. The number of sulfonamides is 1. The number of rotatable bonds is 6. The molecule has 2 rings (SSSR count). The highest BCUT2D eigenvalue weighted by atomic mass is 32.2. The van der Waals surface area contributed by atoms with Crippen LogP contribution in [0.3, 0.4) is 0 Å². The standard InChI is InChI=1S/C14H28N2O3S/c1-2-10-19-14-7-5-9-16(11-14)20(17,18)12-13-6-3-4-8-15-13/h13-15H,2-12H2,1H3. The SMILES string of the molecule is CCCOC1CCCN(S(=O)(=O)CC2CCCCN2)C1. The van der Waals surface area contributed by atoms with Crippen molar-refractivity contribution in [3.05, 3.63) is 0 Å². The third-order valence-electron chi connectivity index (χ3n) is 4.12. The highest BCUT2D eigenvalue weighted by Crippen LogP contribution is 2.19. The average molecular weight is 304 g/mol. The third-order valence-corrected chi connectivity index (χ3v) is 6.06. The molecule has 6 heteroatoms. The summed E-state index contributed by atoms with van der Waals surface area (Å²) in [6.45, 7) is 4.94. The van der Waals surface area contributed by atoms with Crippen LogP contribution < -0.4 is 5.32 Å². The molecule has 0 saturated carbocycles. The molecule has 2 aliphatic heterocycles. The molecular formula is C14H28N2O3S. The Morgan fingerprint density at radius 3 is 2.80 bits per heavy atom. The zero-order valence-corrected chi connectivity index (χ0v) is 13.3. The third kappa shape index (κ3) is 4.69. The second-order valence-electron chi connectivity index (χ2n) is 5.92. The lowest BCUT2D eigenvalue weighted by Crippen LogP contribution is -2.48. The topological polar surface area (TPSA) is 58.6 Å². The normalized spacial score (nSPS) is 29.4. The Morgan fingerprint density at radius 2 is 2.10 bits per heavy atom. The van der Waals surface area contributed by atoms with Crippen LogP contribution in [-0.4, -0.2) is 56.9 Å². The van der Waals surface area contributed by atoms with E-state index in [2.05, 4.69) is 12.2 Å². The Balaban J connectivity index is 1.87. The number of nitrogens with zero attached hydrogens (tertiary/aromatic N) is 1. The van der Waals surface area contributed by atoms with E-state index in [0.29, 0.717) is 13.1 Å². The van der Waals surface area contributed by atoms with E-state index in [1.807, 2.05) is 0 Å². The van der Waals surface area contributed by atoms with Gasteiger partial charge in [0.15, 0.2) is 0 Å². The number of hydrogen-bond donors (Lipinski definition) is 1. The van der Waals surface area contributed by atoms with Crippen LogP contribution in [0.25, 0.3) is 0 Å². The van der Waals surface area contributed by atoms with E-state index in [1.54, 1.807) is 4.31 Å². The Hall–Kier alpha value is -0.170. The molecule has 20 heavy (non-hydrogen) atoms. The van der Waals surface area contributed by atoms with E-state index in [4.69, 9.17) is 4.74 Å². The van der Waals surface area contributed by atoms with Gasteiger partial charge in [0.05, 0.1) is 11.9 Å². The average Bonchev–Trinajstić information content (AvgIpc) is 2.46. The fraction of sp³-hybridized carbons (Fsp3) is 1.00. The number of ether oxygens (including phenoxy) is 1. The van der Waals surface area contributed by atoms with Crippen molar-refractivity contribution in [1.29, 1.82) is 0 Å². The molecule has 0 spiro atoms. The lowest BCUT2D eigenvalue weighted by atomic mass is 10.1. The van der Waals surface area contributed by atoms with E-state index >= 15 is 0 Å². The Morgan fingerprint density at radius 1 is 1.25 bits per heavy atom. The molecule has 5 nitrogen and oxygen atoms in total. The smallest absolute Gasteiger partial charge is 0.215 e. The molecule has 2 aliphatic rings. The minimum atomic E-state index is -3.15. The van der Waals surface area contributed by atoms with Gasteiger partial charge in [0, 0.05) is 25.7 Å². The van der Waals surface area contributed by atoms with E-state index in [9.17, 15) is 8.42 Å². The summed E-state index contributed by atoms with van der Waals surface area (Å²) < 4.78 is 32.4. The molecule has 2 saturated heterocycles. The van der Waals surface area contributed by atoms with Crippen molar-refractivity contribution in [3.63, 3.8) is 0 Å². The van der Waals surface area contributed by atoms with Gasteiger partial charge in [0.25, 0.3) is 0 Å². The monoisotopic (exact) mass is 304 g/mol. The fourth-order valence-corrected chi connectivity index (χ4v) is 4.81. The molecule has 0 amide bonds. The van der Waals surface area contributed by atoms with Crippen molar-refractivity contribution < 1.29 is 13.2 Å². The van der Waals surface area contributed by atoms with Gasteiger partial charge in [0.1, 0.15) is 0 Å². The molecule has 0 aromatic heterocycles. The molecular weight excluding hydrogens is 276 g/mol. The van der Waals surface area contributed by atoms with Crippen molar-refractivity contribution in [2.75, 3.05) is 32.0 Å². The number of hydrogen-bond acceptors (Lipinski definition) is 4. The summed E-state index contributed by atoms with van der Waals surface area (Å²) in [6, 6.07) is 0.130. The summed E-state index contributed by atoms with van der Waals surface area (Å²) in [5.41, 5.74) is 0. The molecule has 2 fully saturated rings. The van der Waals surface area contributed by atoms with Gasteiger partial charge in [0.2, 0.25) is 10.0 Å². The van der Waals surface area contributed by atoms with Crippen LogP contribution in [-0.2, 0) is 14.8 Å². The maximum Gasteiger partial charge on any atom is 0.215 e. The summed E-state index contributed by atoms with van der Waals surface area (Å²) >= 11 is 0. The van der Waals surface area contributed by atoms with Gasteiger partial charge in [-0.2, -0.15) is 4.31 Å². The van der Waals surface area contributed by atoms with Crippen molar-refractivity contribution in [1.82, 2.24) is 9.62 Å². The van der Waals surface area contributed by atoms with Crippen molar-refractivity contribution in [3.8, 4) is 0 Å². The van der Waals surface area contributed by atoms with Gasteiger partial charge in [-0.25, -0.2) is 8.42 Å².